The van der Waals surface area contributed by atoms with Gasteiger partial charge in [0.2, 0.25) is 0 Å². The Bertz CT molecular complexity index is 778. The normalized spacial score (nSPS) is 22.7. The molecule has 3 heterocycles. The Morgan fingerprint density at radius 3 is 2.79 bits per heavy atom. The monoisotopic (exact) mass is 423 g/mol. The first-order valence-corrected chi connectivity index (χ1v) is 11.1. The van der Waals surface area contributed by atoms with E-state index in [0.717, 1.165) is 33.2 Å². The molecule has 1 aromatic heterocycles. The van der Waals surface area contributed by atoms with Crippen molar-refractivity contribution in [3.05, 3.63) is 35.9 Å². The number of rotatable bonds is 3. The average Bonchev–Trinajstić information content (AvgIpc) is 3.16. The van der Waals surface area contributed by atoms with E-state index in [0.29, 0.717) is 11.9 Å². The smallest absolute Gasteiger partial charge is 0.157 e. The molecule has 0 spiro atoms. The maximum atomic E-state index is 8.90. The van der Waals surface area contributed by atoms with Gasteiger partial charge in [-0.25, -0.2) is 0 Å². The summed E-state index contributed by atoms with van der Waals surface area (Å²) in [7, 11) is 1.98. The maximum Gasteiger partial charge on any atom is 0.157 e. The Balaban J connectivity index is 1.92. The maximum absolute atomic E-state index is 8.90. The fourth-order valence-electron chi connectivity index (χ4n) is 3.35. The highest BCUT2D eigenvalue weighted by molar-refractivity contribution is 9.09. The largest absolute Gasteiger partial charge is 0.322 e. The predicted octanol–water partition coefficient (Wildman–Crippen LogP) is 3.59. The summed E-state index contributed by atoms with van der Waals surface area (Å²) in [5.74, 6) is 2.64. The molecule has 0 aliphatic carbocycles. The molecule has 5 nitrogen and oxygen atoms in total. The van der Waals surface area contributed by atoms with Crippen molar-refractivity contribution in [1.29, 1.82) is 5.41 Å². The van der Waals surface area contributed by atoms with Crippen molar-refractivity contribution in [3.63, 3.8) is 0 Å². The number of anilines is 2. The molecule has 2 aromatic rings. The molecular formula is C16H18BrN5S2. The van der Waals surface area contributed by atoms with Crippen molar-refractivity contribution in [2.75, 3.05) is 27.1 Å². The van der Waals surface area contributed by atoms with Crippen molar-refractivity contribution >= 4 is 56.8 Å². The number of hydrogen-bond donors (Lipinski definition) is 1. The van der Waals surface area contributed by atoms with Crippen molar-refractivity contribution in [2.24, 2.45) is 7.05 Å². The van der Waals surface area contributed by atoms with Crippen LogP contribution in [0.25, 0.3) is 0 Å². The van der Waals surface area contributed by atoms with E-state index in [4.69, 9.17) is 5.41 Å². The molecule has 0 radical (unpaired) electrons. The summed E-state index contributed by atoms with van der Waals surface area (Å²) < 4.78 is 1.94. The molecule has 2 aliphatic rings. The van der Waals surface area contributed by atoms with Crippen LogP contribution >= 0.6 is 39.5 Å². The second-order valence-electron chi connectivity index (χ2n) is 5.76. The van der Waals surface area contributed by atoms with E-state index in [1.165, 1.54) is 0 Å². The molecule has 126 valence electrons. The third-order valence-corrected chi connectivity index (χ3v) is 7.14. The average molecular weight is 424 g/mol. The third kappa shape index (κ3) is 2.30. The van der Waals surface area contributed by atoms with E-state index < -0.39 is 0 Å². The summed E-state index contributed by atoms with van der Waals surface area (Å²) in [6.45, 7) is 0. The van der Waals surface area contributed by atoms with Crippen molar-refractivity contribution < 1.29 is 0 Å². The summed E-state index contributed by atoms with van der Waals surface area (Å²) in [5, 5.41) is 15.4. The van der Waals surface area contributed by atoms with Gasteiger partial charge in [-0.3, -0.25) is 15.0 Å². The zero-order valence-electron chi connectivity index (χ0n) is 13.4. The third-order valence-electron chi connectivity index (χ3n) is 4.40. The van der Waals surface area contributed by atoms with Crippen molar-refractivity contribution in [1.82, 2.24) is 9.78 Å². The van der Waals surface area contributed by atoms with Crippen LogP contribution in [0, 0.1) is 5.41 Å². The van der Waals surface area contributed by atoms with Gasteiger partial charge in [0.15, 0.2) is 5.50 Å². The van der Waals surface area contributed by atoms with Crippen molar-refractivity contribution in [2.45, 2.75) is 16.6 Å². The van der Waals surface area contributed by atoms with Gasteiger partial charge in [-0.1, -0.05) is 34.1 Å². The van der Waals surface area contributed by atoms with E-state index in [1.807, 2.05) is 47.9 Å². The topological polar surface area (TPSA) is 48.2 Å². The molecule has 24 heavy (non-hydrogen) atoms. The number of para-hydroxylation sites is 1. The van der Waals surface area contributed by atoms with E-state index in [1.54, 1.807) is 11.8 Å². The molecule has 1 aromatic carbocycles. The summed E-state index contributed by atoms with van der Waals surface area (Å²) in [6.07, 6.45) is 2.02. The number of aryl methyl sites for hydroxylation is 1. The van der Waals surface area contributed by atoms with Crippen LogP contribution in [0.1, 0.15) is 5.56 Å². The number of benzene rings is 1. The molecule has 4 rings (SSSR count). The fourth-order valence-corrected chi connectivity index (χ4v) is 6.27. The summed E-state index contributed by atoms with van der Waals surface area (Å²) >= 11 is 7.16. The van der Waals surface area contributed by atoms with Crippen LogP contribution in [0.15, 0.2) is 35.4 Å². The number of aromatic nitrogens is 2. The minimum Gasteiger partial charge on any atom is -0.322 e. The summed E-state index contributed by atoms with van der Waals surface area (Å²) in [6, 6.07) is 10.6. The molecule has 0 saturated carbocycles. The van der Waals surface area contributed by atoms with Crippen molar-refractivity contribution in [3.8, 4) is 0 Å². The standard InChI is InChI=1S/C16H18BrN5S2/c1-20-15-12(14(19-20)23-2)13(18)21(10-6-4-3-5-7-10)16-22(15)11(8-17)9-24-16/h3-7,11,16,18H,8-9H2,1-2H3. The highest BCUT2D eigenvalue weighted by Crippen LogP contribution is 2.46. The lowest BCUT2D eigenvalue weighted by Gasteiger charge is -2.43. The number of hydrogen-bond acceptors (Lipinski definition) is 5. The van der Waals surface area contributed by atoms with Gasteiger partial charge in [0, 0.05) is 23.8 Å². The second-order valence-corrected chi connectivity index (χ2v) is 8.29. The van der Waals surface area contributed by atoms with E-state index in [-0.39, 0.29) is 5.50 Å². The van der Waals surface area contributed by atoms with Crippen LogP contribution in [0.3, 0.4) is 0 Å². The quantitative estimate of drug-likeness (QED) is 0.603. The minimum atomic E-state index is 0.0973. The molecule has 1 saturated heterocycles. The highest BCUT2D eigenvalue weighted by atomic mass is 79.9. The van der Waals surface area contributed by atoms with E-state index in [9.17, 15) is 0 Å². The molecular weight excluding hydrogens is 406 g/mol. The Morgan fingerprint density at radius 1 is 1.38 bits per heavy atom. The number of amidine groups is 1. The van der Waals surface area contributed by atoms with Crippen LogP contribution in [0.5, 0.6) is 0 Å². The number of thioether (sulfide) groups is 2. The van der Waals surface area contributed by atoms with Gasteiger partial charge in [0.1, 0.15) is 16.7 Å². The van der Waals surface area contributed by atoms with Gasteiger partial charge < -0.3 is 4.90 Å². The number of halogens is 1. The van der Waals surface area contributed by atoms with E-state index in [2.05, 4.69) is 43.0 Å². The molecule has 2 atom stereocenters. The Hall–Kier alpha value is -1.12. The second kappa shape index (κ2) is 6.31. The van der Waals surface area contributed by atoms with Crippen LogP contribution in [-0.4, -0.2) is 44.5 Å². The first-order chi connectivity index (χ1) is 11.7. The Kier molecular flexibility index (Phi) is 4.30. The van der Waals surface area contributed by atoms with Gasteiger partial charge in [0.25, 0.3) is 0 Å². The minimum absolute atomic E-state index is 0.0973. The lowest BCUT2D eigenvalue weighted by atomic mass is 10.1. The number of alkyl halides is 1. The van der Waals surface area contributed by atoms with Crippen LogP contribution in [-0.2, 0) is 7.05 Å². The molecule has 2 unspecified atom stereocenters. The fraction of sp³-hybridized carbons (Fsp3) is 0.375. The first-order valence-electron chi connectivity index (χ1n) is 7.67. The molecule has 1 fully saturated rings. The molecule has 1 N–H and O–H groups in total. The highest BCUT2D eigenvalue weighted by Gasteiger charge is 2.47. The number of nitrogens with zero attached hydrogens (tertiary/aromatic N) is 4. The molecule has 2 aliphatic heterocycles. The summed E-state index contributed by atoms with van der Waals surface area (Å²) in [5.41, 5.74) is 2.10. The van der Waals surface area contributed by atoms with Gasteiger partial charge in [-0.2, -0.15) is 5.10 Å². The molecule has 8 heteroatoms. The van der Waals surface area contributed by atoms with Gasteiger partial charge >= 0.3 is 0 Å². The van der Waals surface area contributed by atoms with Crippen LogP contribution in [0.2, 0.25) is 0 Å². The lowest BCUT2D eigenvalue weighted by molar-refractivity contribution is 0.644. The number of nitrogens with one attached hydrogen (secondary N) is 1. The molecule has 0 bridgehead atoms. The first kappa shape index (κ1) is 16.4. The van der Waals surface area contributed by atoms with Gasteiger partial charge in [-0.05, 0) is 18.4 Å². The molecule has 0 amide bonds. The van der Waals surface area contributed by atoms with E-state index >= 15 is 0 Å². The predicted molar refractivity (Wildman–Crippen MR) is 107 cm³/mol. The van der Waals surface area contributed by atoms with Crippen LogP contribution in [0.4, 0.5) is 11.5 Å². The number of fused-ring (bicyclic) bond motifs is 3. The zero-order valence-corrected chi connectivity index (χ0v) is 16.7. The zero-order chi connectivity index (χ0) is 16.8. The van der Waals surface area contributed by atoms with Crippen LogP contribution < -0.4 is 9.80 Å². The van der Waals surface area contributed by atoms with Gasteiger partial charge in [0.05, 0.1) is 11.6 Å². The SMILES string of the molecule is CSc1nn(C)c2c1C(=N)N(c1ccccc1)C1SCC(CBr)N21. The Labute approximate surface area is 158 Å². The van der Waals surface area contributed by atoms with Gasteiger partial charge in [-0.15, -0.1) is 23.5 Å². The summed E-state index contributed by atoms with van der Waals surface area (Å²) in [4.78, 5) is 4.56. The lowest BCUT2D eigenvalue weighted by Crippen LogP contribution is -2.54. The Morgan fingerprint density at radius 2 is 2.12 bits per heavy atom.